The molecular weight excluding hydrogens is 471 g/mol. The summed E-state index contributed by atoms with van der Waals surface area (Å²) in [6.07, 6.45) is 4.61. The first-order chi connectivity index (χ1) is 17.4. The summed E-state index contributed by atoms with van der Waals surface area (Å²) in [5.41, 5.74) is -0.653. The first-order valence-electron chi connectivity index (χ1n) is 12.9. The smallest absolute Gasteiger partial charge is 0.420 e. The molecule has 4 N–H and O–H groups in total. The lowest BCUT2D eigenvalue weighted by molar-refractivity contribution is -0.138. The number of alkyl halides is 3. The monoisotopic (exact) mass is 507 g/mol. The van der Waals surface area contributed by atoms with Gasteiger partial charge in [-0.15, -0.1) is 0 Å². The Labute approximate surface area is 210 Å². The van der Waals surface area contributed by atoms with Crippen LogP contribution in [-0.2, 0) is 6.18 Å². The molecule has 1 aromatic heterocycles. The molecule has 2 heterocycles. The Morgan fingerprint density at radius 2 is 1.78 bits per heavy atom. The second kappa shape index (κ2) is 11.9. The standard InChI is InChI=1S/C25H36F3N7O/c1-3-19(20-10-7-13-29-20)32-24-34-22(30-15-16-8-5-4-6-9-16)33-23(35-24)31-17-11-12-21(36-2)18(14-17)25(26,27)28/h11-12,14,16,19-20,29H,3-10,13,15H2,1-2H3,(H3,30,31,32,33,34,35). The first kappa shape index (κ1) is 26.2. The third kappa shape index (κ3) is 6.89. The Kier molecular flexibility index (Phi) is 8.71. The predicted molar refractivity (Wildman–Crippen MR) is 135 cm³/mol. The highest BCUT2D eigenvalue weighted by molar-refractivity contribution is 5.59. The van der Waals surface area contributed by atoms with Crippen molar-refractivity contribution in [2.75, 3.05) is 36.1 Å². The number of nitrogens with zero attached hydrogens (tertiary/aromatic N) is 3. The van der Waals surface area contributed by atoms with Crippen molar-refractivity contribution in [3.05, 3.63) is 23.8 Å². The summed E-state index contributed by atoms with van der Waals surface area (Å²) in [6.45, 7) is 3.85. The van der Waals surface area contributed by atoms with Gasteiger partial charge in [-0.3, -0.25) is 0 Å². The van der Waals surface area contributed by atoms with Crippen LogP contribution in [0, 0.1) is 5.92 Å². The van der Waals surface area contributed by atoms with E-state index in [9.17, 15) is 13.2 Å². The molecule has 198 valence electrons. The number of rotatable bonds is 10. The van der Waals surface area contributed by atoms with Crippen molar-refractivity contribution in [1.29, 1.82) is 0 Å². The van der Waals surface area contributed by atoms with Crippen LogP contribution >= 0.6 is 0 Å². The maximum atomic E-state index is 13.5. The van der Waals surface area contributed by atoms with Gasteiger partial charge >= 0.3 is 6.18 Å². The molecule has 2 fully saturated rings. The Morgan fingerprint density at radius 3 is 2.44 bits per heavy atom. The van der Waals surface area contributed by atoms with Crippen molar-refractivity contribution >= 4 is 23.5 Å². The second-order valence-electron chi connectivity index (χ2n) is 9.59. The van der Waals surface area contributed by atoms with E-state index in [1.165, 1.54) is 51.3 Å². The molecule has 1 saturated carbocycles. The van der Waals surface area contributed by atoms with Gasteiger partial charge in [-0.25, -0.2) is 0 Å². The molecule has 0 amide bonds. The van der Waals surface area contributed by atoms with Gasteiger partial charge in [-0.1, -0.05) is 26.2 Å². The van der Waals surface area contributed by atoms with Gasteiger partial charge in [0.25, 0.3) is 0 Å². The number of nitrogens with one attached hydrogen (secondary N) is 4. The molecule has 11 heteroatoms. The summed E-state index contributed by atoms with van der Waals surface area (Å²) in [5, 5.41) is 13.2. The van der Waals surface area contributed by atoms with Crippen molar-refractivity contribution in [3.8, 4) is 5.75 Å². The lowest BCUT2D eigenvalue weighted by atomic mass is 9.89. The van der Waals surface area contributed by atoms with Gasteiger partial charge in [0, 0.05) is 24.3 Å². The van der Waals surface area contributed by atoms with Crippen LogP contribution in [-0.4, -0.2) is 47.2 Å². The fourth-order valence-electron chi connectivity index (χ4n) is 5.05. The number of ether oxygens (including phenoxy) is 1. The lowest BCUT2D eigenvalue weighted by Gasteiger charge is -2.24. The minimum Gasteiger partial charge on any atom is -0.496 e. The Bertz CT molecular complexity index is 992. The van der Waals surface area contributed by atoms with Crippen LogP contribution in [0.3, 0.4) is 0 Å². The normalized spacial score (nSPS) is 19.6. The molecule has 2 aliphatic rings. The Morgan fingerprint density at radius 1 is 1.03 bits per heavy atom. The molecule has 4 rings (SSSR count). The molecule has 0 radical (unpaired) electrons. The molecular formula is C25H36F3N7O. The predicted octanol–water partition coefficient (Wildman–Crippen LogP) is 5.58. The van der Waals surface area contributed by atoms with Crippen LogP contribution in [0.1, 0.15) is 63.9 Å². The fourth-order valence-corrected chi connectivity index (χ4v) is 5.05. The zero-order valence-electron chi connectivity index (χ0n) is 20.9. The number of aromatic nitrogens is 3. The number of hydrogen-bond acceptors (Lipinski definition) is 8. The second-order valence-corrected chi connectivity index (χ2v) is 9.59. The maximum absolute atomic E-state index is 13.5. The first-order valence-corrected chi connectivity index (χ1v) is 12.9. The van der Waals surface area contributed by atoms with Gasteiger partial charge in [0.05, 0.1) is 12.7 Å². The summed E-state index contributed by atoms with van der Waals surface area (Å²) >= 11 is 0. The lowest BCUT2D eigenvalue weighted by Crippen LogP contribution is -2.40. The van der Waals surface area contributed by atoms with Crippen LogP contribution in [0.15, 0.2) is 18.2 Å². The van der Waals surface area contributed by atoms with Crippen molar-refractivity contribution < 1.29 is 17.9 Å². The fraction of sp³-hybridized carbons (Fsp3) is 0.640. The molecule has 1 saturated heterocycles. The highest BCUT2D eigenvalue weighted by Gasteiger charge is 2.34. The van der Waals surface area contributed by atoms with Crippen molar-refractivity contribution in [1.82, 2.24) is 20.3 Å². The van der Waals surface area contributed by atoms with Crippen molar-refractivity contribution in [2.45, 2.75) is 76.6 Å². The largest absolute Gasteiger partial charge is 0.496 e. The number of halogens is 3. The average molecular weight is 508 g/mol. The van der Waals surface area contributed by atoms with Crippen LogP contribution < -0.4 is 26.0 Å². The molecule has 36 heavy (non-hydrogen) atoms. The molecule has 8 nitrogen and oxygen atoms in total. The van der Waals surface area contributed by atoms with Crippen LogP contribution in [0.5, 0.6) is 5.75 Å². The average Bonchev–Trinajstić information content (AvgIpc) is 3.41. The summed E-state index contributed by atoms with van der Waals surface area (Å²) in [7, 11) is 1.22. The molecule has 1 aliphatic carbocycles. The summed E-state index contributed by atoms with van der Waals surface area (Å²) in [4.78, 5) is 13.5. The van der Waals surface area contributed by atoms with Crippen LogP contribution in [0.25, 0.3) is 0 Å². The minimum absolute atomic E-state index is 0.131. The van der Waals surface area contributed by atoms with Crippen LogP contribution in [0.4, 0.5) is 36.7 Å². The van der Waals surface area contributed by atoms with Gasteiger partial charge in [0.15, 0.2) is 0 Å². The molecule has 2 atom stereocenters. The molecule has 0 bridgehead atoms. The van der Waals surface area contributed by atoms with Crippen molar-refractivity contribution in [3.63, 3.8) is 0 Å². The van der Waals surface area contributed by atoms with E-state index in [0.29, 0.717) is 23.9 Å². The van der Waals surface area contributed by atoms with E-state index >= 15 is 0 Å². The molecule has 1 aromatic carbocycles. The third-order valence-electron chi connectivity index (χ3n) is 7.01. The molecule has 2 aromatic rings. The molecule has 2 unspecified atom stereocenters. The van der Waals surface area contributed by atoms with Gasteiger partial charge in [-0.05, 0) is 62.8 Å². The Balaban J connectivity index is 1.57. The third-order valence-corrected chi connectivity index (χ3v) is 7.01. The Hall–Kier alpha value is -2.82. The minimum atomic E-state index is -4.55. The zero-order valence-corrected chi connectivity index (χ0v) is 20.9. The van der Waals surface area contributed by atoms with E-state index in [0.717, 1.165) is 38.4 Å². The topological polar surface area (TPSA) is 96.0 Å². The van der Waals surface area contributed by atoms with E-state index in [-0.39, 0.29) is 23.4 Å². The van der Waals surface area contributed by atoms with Gasteiger partial charge in [-0.2, -0.15) is 28.1 Å². The summed E-state index contributed by atoms with van der Waals surface area (Å²) in [6, 6.07) is 4.25. The number of hydrogen-bond donors (Lipinski definition) is 4. The van der Waals surface area contributed by atoms with Crippen LogP contribution in [0.2, 0.25) is 0 Å². The van der Waals surface area contributed by atoms with Gasteiger partial charge in [0.2, 0.25) is 17.8 Å². The summed E-state index contributed by atoms with van der Waals surface area (Å²) in [5.74, 6) is 1.29. The van der Waals surface area contributed by atoms with E-state index in [1.54, 1.807) is 0 Å². The number of anilines is 4. The molecule has 1 aliphatic heterocycles. The van der Waals surface area contributed by atoms with Gasteiger partial charge in [0.1, 0.15) is 5.75 Å². The number of benzene rings is 1. The van der Waals surface area contributed by atoms with E-state index in [4.69, 9.17) is 4.74 Å². The van der Waals surface area contributed by atoms with Gasteiger partial charge < -0.3 is 26.0 Å². The van der Waals surface area contributed by atoms with E-state index < -0.39 is 11.7 Å². The highest BCUT2D eigenvalue weighted by Crippen LogP contribution is 2.38. The van der Waals surface area contributed by atoms with Crippen molar-refractivity contribution in [2.24, 2.45) is 5.92 Å². The summed E-state index contributed by atoms with van der Waals surface area (Å²) < 4.78 is 45.4. The number of methoxy groups -OCH3 is 1. The highest BCUT2D eigenvalue weighted by atomic mass is 19.4. The van der Waals surface area contributed by atoms with E-state index in [2.05, 4.69) is 43.1 Å². The maximum Gasteiger partial charge on any atom is 0.420 e. The van der Waals surface area contributed by atoms with E-state index in [1.807, 2.05) is 0 Å². The zero-order chi connectivity index (χ0) is 25.5. The molecule has 0 spiro atoms. The SMILES string of the molecule is CCC(Nc1nc(NCC2CCCCC2)nc(Nc2ccc(OC)c(C(F)(F)F)c2)n1)C1CCCN1. The quantitative estimate of drug-likeness (QED) is 0.331.